The molecule has 4 nitrogen and oxygen atoms in total. The molecule has 1 heterocycles. The third-order valence-electron chi connectivity index (χ3n) is 3.06. The number of benzene rings is 1. The van der Waals surface area contributed by atoms with Crippen molar-refractivity contribution >= 4 is 11.6 Å². The third-order valence-corrected chi connectivity index (χ3v) is 3.06. The standard InChI is InChI=1S/C16H21FN4/c1-3-14-20-15(18-4-2)11-16(21-14)19-9-8-12-6-5-7-13(17)10-12/h5-7,10-11H,3-4,8-9H2,1-2H3,(H2,18,19,20,21). The fourth-order valence-corrected chi connectivity index (χ4v) is 2.04. The van der Waals surface area contributed by atoms with E-state index in [0.717, 1.165) is 42.4 Å². The van der Waals surface area contributed by atoms with E-state index in [9.17, 15) is 4.39 Å². The van der Waals surface area contributed by atoms with E-state index in [4.69, 9.17) is 0 Å². The molecular formula is C16H21FN4. The fraction of sp³-hybridized carbons (Fsp3) is 0.375. The van der Waals surface area contributed by atoms with Gasteiger partial charge in [0.15, 0.2) is 0 Å². The maximum Gasteiger partial charge on any atom is 0.132 e. The van der Waals surface area contributed by atoms with Gasteiger partial charge in [0, 0.05) is 25.6 Å². The molecule has 0 aliphatic heterocycles. The first-order valence-electron chi connectivity index (χ1n) is 7.31. The Hall–Kier alpha value is -2.17. The molecule has 1 aromatic heterocycles. The van der Waals surface area contributed by atoms with Crippen LogP contribution in [0.3, 0.4) is 0 Å². The molecule has 0 saturated carbocycles. The third kappa shape index (κ3) is 4.70. The predicted molar refractivity (Wildman–Crippen MR) is 84.2 cm³/mol. The molecule has 21 heavy (non-hydrogen) atoms. The van der Waals surface area contributed by atoms with Crippen LogP contribution in [0.25, 0.3) is 0 Å². The first kappa shape index (κ1) is 15.2. The summed E-state index contributed by atoms with van der Waals surface area (Å²) < 4.78 is 13.1. The van der Waals surface area contributed by atoms with Crippen molar-refractivity contribution in [2.24, 2.45) is 0 Å². The molecular weight excluding hydrogens is 267 g/mol. The average Bonchev–Trinajstić information content (AvgIpc) is 2.47. The van der Waals surface area contributed by atoms with E-state index in [1.54, 1.807) is 12.1 Å². The molecule has 0 saturated heterocycles. The Morgan fingerprint density at radius 3 is 2.48 bits per heavy atom. The van der Waals surface area contributed by atoms with Crippen molar-refractivity contribution in [2.75, 3.05) is 23.7 Å². The maximum absolute atomic E-state index is 13.1. The molecule has 0 aliphatic rings. The lowest BCUT2D eigenvalue weighted by molar-refractivity contribution is 0.625. The van der Waals surface area contributed by atoms with E-state index in [0.29, 0.717) is 6.54 Å². The van der Waals surface area contributed by atoms with E-state index in [2.05, 4.69) is 20.6 Å². The Kier molecular flexibility index (Phi) is 5.49. The highest BCUT2D eigenvalue weighted by Crippen LogP contribution is 2.12. The van der Waals surface area contributed by atoms with Gasteiger partial charge >= 0.3 is 0 Å². The second-order valence-corrected chi connectivity index (χ2v) is 4.75. The van der Waals surface area contributed by atoms with E-state index in [-0.39, 0.29) is 5.82 Å². The molecule has 0 aliphatic carbocycles. The Labute approximate surface area is 124 Å². The fourth-order valence-electron chi connectivity index (χ4n) is 2.04. The van der Waals surface area contributed by atoms with Gasteiger partial charge in [-0.1, -0.05) is 19.1 Å². The summed E-state index contributed by atoms with van der Waals surface area (Å²) in [5.41, 5.74) is 0.971. The molecule has 0 radical (unpaired) electrons. The van der Waals surface area contributed by atoms with Crippen LogP contribution in [0.5, 0.6) is 0 Å². The van der Waals surface area contributed by atoms with Gasteiger partial charge in [0.1, 0.15) is 23.3 Å². The van der Waals surface area contributed by atoms with E-state index < -0.39 is 0 Å². The van der Waals surface area contributed by atoms with Crippen LogP contribution < -0.4 is 10.6 Å². The van der Waals surface area contributed by atoms with Gasteiger partial charge in [-0.3, -0.25) is 0 Å². The van der Waals surface area contributed by atoms with Crippen molar-refractivity contribution in [1.29, 1.82) is 0 Å². The van der Waals surface area contributed by atoms with Crippen molar-refractivity contribution in [2.45, 2.75) is 26.7 Å². The highest BCUT2D eigenvalue weighted by atomic mass is 19.1. The molecule has 2 N–H and O–H groups in total. The van der Waals surface area contributed by atoms with Gasteiger partial charge in [-0.15, -0.1) is 0 Å². The van der Waals surface area contributed by atoms with Crippen molar-refractivity contribution < 1.29 is 4.39 Å². The van der Waals surface area contributed by atoms with Gasteiger partial charge in [0.25, 0.3) is 0 Å². The molecule has 5 heteroatoms. The smallest absolute Gasteiger partial charge is 0.132 e. The van der Waals surface area contributed by atoms with Crippen molar-refractivity contribution in [3.63, 3.8) is 0 Å². The van der Waals surface area contributed by atoms with E-state index in [1.807, 2.05) is 26.0 Å². The molecule has 0 spiro atoms. The van der Waals surface area contributed by atoms with Crippen LogP contribution >= 0.6 is 0 Å². The summed E-state index contributed by atoms with van der Waals surface area (Å²) in [6, 6.07) is 8.56. The lowest BCUT2D eigenvalue weighted by Crippen LogP contribution is -2.10. The quantitative estimate of drug-likeness (QED) is 0.821. The molecule has 1 aromatic carbocycles. The van der Waals surface area contributed by atoms with Gasteiger partial charge in [-0.05, 0) is 31.0 Å². The number of rotatable bonds is 7. The summed E-state index contributed by atoms with van der Waals surface area (Å²) in [6.07, 6.45) is 1.54. The number of aryl methyl sites for hydroxylation is 1. The van der Waals surface area contributed by atoms with Crippen LogP contribution in [-0.2, 0) is 12.8 Å². The van der Waals surface area contributed by atoms with Gasteiger partial charge < -0.3 is 10.6 Å². The maximum atomic E-state index is 13.1. The molecule has 0 atom stereocenters. The molecule has 2 rings (SSSR count). The summed E-state index contributed by atoms with van der Waals surface area (Å²) >= 11 is 0. The van der Waals surface area contributed by atoms with Gasteiger partial charge in [0.2, 0.25) is 0 Å². The monoisotopic (exact) mass is 288 g/mol. The Morgan fingerprint density at radius 2 is 1.81 bits per heavy atom. The zero-order valence-corrected chi connectivity index (χ0v) is 12.5. The largest absolute Gasteiger partial charge is 0.370 e. The summed E-state index contributed by atoms with van der Waals surface area (Å²) in [5.74, 6) is 2.24. The normalized spacial score (nSPS) is 10.4. The van der Waals surface area contributed by atoms with Crippen LogP contribution in [0.1, 0.15) is 25.2 Å². The van der Waals surface area contributed by atoms with Crippen LogP contribution in [-0.4, -0.2) is 23.1 Å². The molecule has 0 amide bonds. The topological polar surface area (TPSA) is 49.8 Å². The number of nitrogens with zero attached hydrogens (tertiary/aromatic N) is 2. The molecule has 0 fully saturated rings. The highest BCUT2D eigenvalue weighted by molar-refractivity contribution is 5.47. The summed E-state index contributed by atoms with van der Waals surface area (Å²) in [7, 11) is 0. The number of aromatic nitrogens is 2. The van der Waals surface area contributed by atoms with Crippen LogP contribution in [0, 0.1) is 5.82 Å². The van der Waals surface area contributed by atoms with Crippen LogP contribution in [0.4, 0.5) is 16.0 Å². The number of anilines is 2. The minimum atomic E-state index is -0.197. The minimum Gasteiger partial charge on any atom is -0.370 e. The second-order valence-electron chi connectivity index (χ2n) is 4.75. The van der Waals surface area contributed by atoms with Crippen molar-refractivity contribution in [3.05, 3.63) is 47.5 Å². The summed E-state index contributed by atoms with van der Waals surface area (Å²) in [5, 5.41) is 6.47. The predicted octanol–water partition coefficient (Wildman–Crippen LogP) is 3.26. The first-order chi connectivity index (χ1) is 10.2. The lowest BCUT2D eigenvalue weighted by atomic mass is 10.1. The van der Waals surface area contributed by atoms with Gasteiger partial charge in [0.05, 0.1) is 0 Å². The van der Waals surface area contributed by atoms with Gasteiger partial charge in [-0.2, -0.15) is 0 Å². The number of hydrogen-bond donors (Lipinski definition) is 2. The van der Waals surface area contributed by atoms with Gasteiger partial charge in [-0.25, -0.2) is 14.4 Å². The first-order valence-corrected chi connectivity index (χ1v) is 7.31. The summed E-state index contributed by atoms with van der Waals surface area (Å²) in [6.45, 7) is 5.59. The minimum absolute atomic E-state index is 0.197. The number of hydrogen-bond acceptors (Lipinski definition) is 4. The summed E-state index contributed by atoms with van der Waals surface area (Å²) in [4.78, 5) is 8.85. The SMILES string of the molecule is CCNc1cc(NCCc2cccc(F)c2)nc(CC)n1. The highest BCUT2D eigenvalue weighted by Gasteiger charge is 2.03. The Bertz CT molecular complexity index is 586. The number of nitrogens with one attached hydrogen (secondary N) is 2. The van der Waals surface area contributed by atoms with Crippen LogP contribution in [0.15, 0.2) is 30.3 Å². The number of halogens is 1. The van der Waals surface area contributed by atoms with Crippen molar-refractivity contribution in [3.8, 4) is 0 Å². The zero-order valence-electron chi connectivity index (χ0n) is 12.5. The molecule has 0 bridgehead atoms. The lowest BCUT2D eigenvalue weighted by Gasteiger charge is -2.10. The van der Waals surface area contributed by atoms with Crippen molar-refractivity contribution in [1.82, 2.24) is 9.97 Å². The van der Waals surface area contributed by atoms with E-state index in [1.165, 1.54) is 6.07 Å². The van der Waals surface area contributed by atoms with E-state index >= 15 is 0 Å². The molecule has 2 aromatic rings. The average molecular weight is 288 g/mol. The zero-order chi connectivity index (χ0) is 15.1. The Morgan fingerprint density at radius 1 is 1.05 bits per heavy atom. The Balaban J connectivity index is 1.97. The van der Waals surface area contributed by atoms with Crippen LogP contribution in [0.2, 0.25) is 0 Å². The second kappa shape index (κ2) is 7.57. The molecule has 0 unspecified atom stereocenters. The molecule has 112 valence electrons.